The van der Waals surface area contributed by atoms with Gasteiger partial charge >= 0.3 is 0 Å². The minimum Gasteiger partial charge on any atom is -0.365 e. The zero-order valence-corrected chi connectivity index (χ0v) is 21.0. The van der Waals surface area contributed by atoms with E-state index in [9.17, 15) is 18.8 Å². The molecule has 188 valence electrons. The zero-order chi connectivity index (χ0) is 26.3. The average Bonchev–Trinajstić information content (AvgIpc) is 2.90. The fourth-order valence-electron chi connectivity index (χ4n) is 5.47. The Morgan fingerprint density at radius 3 is 2.03 bits per heavy atom. The van der Waals surface area contributed by atoms with E-state index in [0.717, 1.165) is 27.7 Å². The predicted octanol–water partition coefficient (Wildman–Crippen LogP) is 5.38. The third-order valence-corrected chi connectivity index (χ3v) is 7.40. The van der Waals surface area contributed by atoms with Gasteiger partial charge < -0.3 is 9.47 Å². The molecule has 1 aliphatic rings. The second-order valence-electron chi connectivity index (χ2n) is 9.82. The molecule has 0 bridgehead atoms. The van der Waals surface area contributed by atoms with Crippen molar-refractivity contribution in [3.8, 4) is 6.07 Å². The summed E-state index contributed by atoms with van der Waals surface area (Å²) in [6, 6.07) is 22.1. The van der Waals surface area contributed by atoms with Gasteiger partial charge in [0.1, 0.15) is 11.6 Å². The van der Waals surface area contributed by atoms with Crippen LogP contribution in [0.3, 0.4) is 0 Å². The first-order valence-electron chi connectivity index (χ1n) is 12.3. The van der Waals surface area contributed by atoms with Crippen LogP contribution in [0.15, 0.2) is 77.6 Å². The number of piperazine rings is 1. The molecule has 0 N–H and O–H groups in total. The van der Waals surface area contributed by atoms with E-state index in [2.05, 4.69) is 29.7 Å². The minimum atomic E-state index is -0.304. The van der Waals surface area contributed by atoms with Gasteiger partial charge in [0.25, 0.3) is 5.56 Å². The molecule has 0 radical (unpaired) electrons. The van der Waals surface area contributed by atoms with Crippen LogP contribution < -0.4 is 10.5 Å². The highest BCUT2D eigenvalue weighted by Gasteiger charge is 2.35. The van der Waals surface area contributed by atoms with Gasteiger partial charge in [-0.3, -0.25) is 9.69 Å². The van der Waals surface area contributed by atoms with Crippen LogP contribution >= 0.6 is 0 Å². The van der Waals surface area contributed by atoms with Gasteiger partial charge in [0.15, 0.2) is 0 Å². The molecule has 0 aliphatic carbocycles. The molecular formula is C30H28F2N4O. The number of hydrogen-bond donors (Lipinski definition) is 0. The van der Waals surface area contributed by atoms with Crippen molar-refractivity contribution in [1.82, 2.24) is 9.47 Å². The van der Waals surface area contributed by atoms with Crippen LogP contribution in [0.5, 0.6) is 0 Å². The Morgan fingerprint density at radius 1 is 0.865 bits per heavy atom. The summed E-state index contributed by atoms with van der Waals surface area (Å²) < 4.78 is 29.1. The first-order chi connectivity index (χ1) is 17.8. The van der Waals surface area contributed by atoms with Crippen LogP contribution in [0.2, 0.25) is 0 Å². The normalized spacial score (nSPS) is 18.4. The number of hydrogen-bond acceptors (Lipinski definition) is 4. The standard InChI is InChI=1S/C30H28F2N4O/c1-19-18-36(30(22-5-9-24(31)10-6-22)23-7-11-25(32)12-8-23)20(2)17-35(19)28-15-29(37)34(3)27-13-4-21(16-33)14-26(27)28/h4-15,19-20,30H,17-18H2,1-3H3/t19-,20+/m0/s1. The van der Waals surface area contributed by atoms with Crippen LogP contribution in [0.25, 0.3) is 10.9 Å². The van der Waals surface area contributed by atoms with Crippen molar-refractivity contribution in [1.29, 1.82) is 5.26 Å². The fraction of sp³-hybridized carbons (Fsp3) is 0.267. The van der Waals surface area contributed by atoms with Crippen molar-refractivity contribution in [2.45, 2.75) is 32.0 Å². The number of pyridine rings is 1. The molecule has 4 aromatic rings. The maximum Gasteiger partial charge on any atom is 0.252 e. The molecule has 0 unspecified atom stereocenters. The number of benzene rings is 3. The van der Waals surface area contributed by atoms with Crippen molar-refractivity contribution in [2.75, 3.05) is 18.0 Å². The number of rotatable bonds is 4. The maximum atomic E-state index is 13.8. The van der Waals surface area contributed by atoms with E-state index in [1.807, 2.05) is 12.1 Å². The van der Waals surface area contributed by atoms with Crippen molar-refractivity contribution in [2.24, 2.45) is 7.05 Å². The van der Waals surface area contributed by atoms with E-state index in [0.29, 0.717) is 18.7 Å². The average molecular weight is 499 g/mol. The molecule has 1 fully saturated rings. The predicted molar refractivity (Wildman–Crippen MR) is 142 cm³/mol. The van der Waals surface area contributed by atoms with Crippen LogP contribution in [0, 0.1) is 23.0 Å². The molecule has 0 amide bonds. The molecule has 3 aromatic carbocycles. The molecule has 0 saturated carbocycles. The SMILES string of the molecule is C[C@@H]1CN(c2cc(=O)n(C)c3ccc(C#N)cc23)[C@@H](C)CN1C(c1ccc(F)cc1)c1ccc(F)cc1. The van der Waals surface area contributed by atoms with Crippen molar-refractivity contribution < 1.29 is 8.78 Å². The summed E-state index contributed by atoms with van der Waals surface area (Å²) in [5.74, 6) is -0.607. The molecule has 2 atom stereocenters. The zero-order valence-electron chi connectivity index (χ0n) is 21.0. The smallest absolute Gasteiger partial charge is 0.252 e. The number of nitriles is 1. The molecule has 5 nitrogen and oxygen atoms in total. The van der Waals surface area contributed by atoms with Gasteiger partial charge in [-0.1, -0.05) is 24.3 Å². The summed E-state index contributed by atoms with van der Waals surface area (Å²) in [5, 5.41) is 10.3. The summed E-state index contributed by atoms with van der Waals surface area (Å²) in [6.45, 7) is 5.54. The fourth-order valence-corrected chi connectivity index (χ4v) is 5.47. The van der Waals surface area contributed by atoms with Crippen LogP contribution in [-0.4, -0.2) is 34.6 Å². The molecular weight excluding hydrogens is 470 g/mol. The summed E-state index contributed by atoms with van der Waals surface area (Å²) in [5.41, 5.74) is 3.88. The topological polar surface area (TPSA) is 52.3 Å². The van der Waals surface area contributed by atoms with Crippen LogP contribution in [0.1, 0.15) is 36.6 Å². The molecule has 2 heterocycles. The van der Waals surface area contributed by atoms with Gasteiger partial charge in [0.05, 0.1) is 28.9 Å². The Balaban J connectivity index is 1.55. The van der Waals surface area contributed by atoms with E-state index in [1.54, 1.807) is 48.0 Å². The number of halogens is 2. The minimum absolute atomic E-state index is 0.0284. The third-order valence-electron chi connectivity index (χ3n) is 7.40. The van der Waals surface area contributed by atoms with E-state index < -0.39 is 0 Å². The van der Waals surface area contributed by atoms with E-state index >= 15 is 0 Å². The van der Waals surface area contributed by atoms with Gasteiger partial charge in [-0.25, -0.2) is 8.78 Å². The van der Waals surface area contributed by atoms with Crippen LogP contribution in [-0.2, 0) is 7.05 Å². The Morgan fingerprint density at radius 2 is 1.46 bits per heavy atom. The lowest BCUT2D eigenvalue weighted by Crippen LogP contribution is -2.57. The first kappa shape index (κ1) is 24.7. The summed E-state index contributed by atoms with van der Waals surface area (Å²) in [4.78, 5) is 17.4. The monoisotopic (exact) mass is 498 g/mol. The lowest BCUT2D eigenvalue weighted by atomic mass is 9.93. The molecule has 1 aromatic heterocycles. The summed E-state index contributed by atoms with van der Waals surface area (Å²) in [7, 11) is 1.74. The first-order valence-corrected chi connectivity index (χ1v) is 12.3. The molecule has 7 heteroatoms. The third kappa shape index (κ3) is 4.61. The van der Waals surface area contributed by atoms with E-state index in [1.165, 1.54) is 24.3 Å². The number of aryl methyl sites for hydroxylation is 1. The van der Waals surface area contributed by atoms with E-state index in [4.69, 9.17) is 0 Å². The highest BCUT2D eigenvalue weighted by molar-refractivity contribution is 5.93. The highest BCUT2D eigenvalue weighted by atomic mass is 19.1. The maximum absolute atomic E-state index is 13.8. The van der Waals surface area contributed by atoms with E-state index in [-0.39, 0.29) is 35.3 Å². The molecule has 1 aliphatic heterocycles. The number of fused-ring (bicyclic) bond motifs is 1. The Hall–Kier alpha value is -4.02. The lowest BCUT2D eigenvalue weighted by Gasteiger charge is -2.48. The summed E-state index contributed by atoms with van der Waals surface area (Å²) >= 11 is 0. The van der Waals surface area contributed by atoms with Crippen LogP contribution in [0.4, 0.5) is 14.5 Å². The molecule has 0 spiro atoms. The highest BCUT2D eigenvalue weighted by Crippen LogP contribution is 2.36. The van der Waals surface area contributed by atoms with Crippen molar-refractivity contribution >= 4 is 16.6 Å². The Labute approximate surface area is 214 Å². The van der Waals surface area contributed by atoms with Crippen molar-refractivity contribution in [3.05, 3.63) is 111 Å². The summed E-state index contributed by atoms with van der Waals surface area (Å²) in [6.07, 6.45) is 0. The van der Waals surface area contributed by atoms with Gasteiger partial charge in [0, 0.05) is 43.7 Å². The lowest BCUT2D eigenvalue weighted by molar-refractivity contribution is 0.130. The quantitative estimate of drug-likeness (QED) is 0.379. The second-order valence-corrected chi connectivity index (χ2v) is 9.82. The number of aromatic nitrogens is 1. The van der Waals surface area contributed by atoms with Gasteiger partial charge in [-0.2, -0.15) is 5.26 Å². The number of nitrogens with zero attached hydrogens (tertiary/aromatic N) is 4. The van der Waals surface area contributed by atoms with Gasteiger partial charge in [-0.05, 0) is 67.4 Å². The molecule has 1 saturated heterocycles. The largest absolute Gasteiger partial charge is 0.365 e. The molecule has 5 rings (SSSR count). The Kier molecular flexibility index (Phi) is 6.53. The van der Waals surface area contributed by atoms with Crippen molar-refractivity contribution in [3.63, 3.8) is 0 Å². The molecule has 37 heavy (non-hydrogen) atoms. The number of anilines is 1. The Bertz CT molecular complexity index is 1490. The second kappa shape index (κ2) is 9.79. The van der Waals surface area contributed by atoms with Gasteiger partial charge in [-0.15, -0.1) is 0 Å². The van der Waals surface area contributed by atoms with Gasteiger partial charge in [0.2, 0.25) is 0 Å².